The second-order valence-corrected chi connectivity index (χ2v) is 4.72. The molecule has 0 saturated carbocycles. The normalized spacial score (nSPS) is 16.2. The molecule has 12 heavy (non-hydrogen) atoms. The van der Waals surface area contributed by atoms with E-state index >= 15 is 0 Å². The Morgan fingerprint density at radius 3 is 1.92 bits per heavy atom. The third kappa shape index (κ3) is 5.40. The first-order chi connectivity index (χ1) is 5.43. The summed E-state index contributed by atoms with van der Waals surface area (Å²) < 4.78 is 0. The smallest absolute Gasteiger partial charge is 0.0235 e. The van der Waals surface area contributed by atoms with Crippen LogP contribution in [-0.4, -0.2) is 0 Å². The summed E-state index contributed by atoms with van der Waals surface area (Å²) in [5.41, 5.74) is 1.32. The summed E-state index contributed by atoms with van der Waals surface area (Å²) >= 11 is 0. The van der Waals surface area contributed by atoms with Crippen LogP contribution in [0.4, 0.5) is 0 Å². The van der Waals surface area contributed by atoms with Crippen molar-refractivity contribution in [1.29, 1.82) is 0 Å². The molecule has 0 aliphatic heterocycles. The van der Waals surface area contributed by atoms with Crippen LogP contribution in [0.25, 0.3) is 0 Å². The van der Waals surface area contributed by atoms with Crippen LogP contribution in [0.1, 0.15) is 47.5 Å². The molecule has 0 saturated heterocycles. The van der Waals surface area contributed by atoms with Gasteiger partial charge in [0.25, 0.3) is 0 Å². The summed E-state index contributed by atoms with van der Waals surface area (Å²) in [6.45, 7) is 15.3. The van der Waals surface area contributed by atoms with Crippen LogP contribution in [0.3, 0.4) is 0 Å². The predicted molar refractivity (Wildman–Crippen MR) is 57.2 cm³/mol. The molecule has 0 N–H and O–H groups in total. The van der Waals surface area contributed by atoms with E-state index in [0.717, 1.165) is 11.8 Å². The van der Waals surface area contributed by atoms with E-state index in [9.17, 15) is 0 Å². The molecule has 72 valence electrons. The van der Waals surface area contributed by atoms with E-state index < -0.39 is 0 Å². The fourth-order valence-electron chi connectivity index (χ4n) is 1.71. The van der Waals surface area contributed by atoms with Gasteiger partial charge in [0.05, 0.1) is 0 Å². The van der Waals surface area contributed by atoms with Gasteiger partial charge >= 0.3 is 0 Å². The quantitative estimate of drug-likeness (QED) is 0.538. The molecule has 0 heteroatoms. The van der Waals surface area contributed by atoms with E-state index in [1.165, 1.54) is 18.4 Å². The Morgan fingerprint density at radius 1 is 1.08 bits per heavy atom. The van der Waals surface area contributed by atoms with E-state index in [4.69, 9.17) is 0 Å². The molecule has 0 nitrogen and oxygen atoms in total. The lowest BCUT2D eigenvalue weighted by atomic mass is 9.88. The molecule has 2 unspecified atom stereocenters. The summed E-state index contributed by atoms with van der Waals surface area (Å²) in [7, 11) is 0. The Kier molecular flexibility index (Phi) is 5.28. The molecule has 0 amide bonds. The topological polar surface area (TPSA) is 0 Å². The number of hydrogen-bond donors (Lipinski definition) is 0. The van der Waals surface area contributed by atoms with Gasteiger partial charge in [-0.1, -0.05) is 39.8 Å². The van der Waals surface area contributed by atoms with Crippen molar-refractivity contribution >= 4 is 0 Å². The van der Waals surface area contributed by atoms with E-state index in [1.807, 2.05) is 0 Å². The van der Waals surface area contributed by atoms with Gasteiger partial charge in [0, 0.05) is 0 Å². The lowest BCUT2D eigenvalue weighted by molar-refractivity contribution is 0.376. The van der Waals surface area contributed by atoms with Gasteiger partial charge in [-0.2, -0.15) is 0 Å². The minimum absolute atomic E-state index is 0.693. The summed E-state index contributed by atoms with van der Waals surface area (Å²) in [6.07, 6.45) is 2.64. The molecular weight excluding hydrogens is 144 g/mol. The van der Waals surface area contributed by atoms with Crippen LogP contribution in [0.2, 0.25) is 0 Å². The minimum atomic E-state index is 0.693. The maximum Gasteiger partial charge on any atom is -0.0235 e. The average molecular weight is 168 g/mol. The van der Waals surface area contributed by atoms with Crippen molar-refractivity contribution in [1.82, 2.24) is 0 Å². The van der Waals surface area contributed by atoms with Gasteiger partial charge in [0.2, 0.25) is 0 Å². The van der Waals surface area contributed by atoms with Crippen molar-refractivity contribution in [2.45, 2.75) is 47.5 Å². The summed E-state index contributed by atoms with van der Waals surface area (Å²) in [5, 5.41) is 0. The lowest BCUT2D eigenvalue weighted by Crippen LogP contribution is -2.06. The monoisotopic (exact) mass is 168 g/mol. The molecule has 2 atom stereocenters. The zero-order chi connectivity index (χ0) is 9.72. The van der Waals surface area contributed by atoms with Gasteiger partial charge in [0.15, 0.2) is 0 Å². The van der Waals surface area contributed by atoms with Crippen LogP contribution in [0, 0.1) is 17.8 Å². The second-order valence-electron chi connectivity index (χ2n) is 4.72. The zero-order valence-electron chi connectivity index (χ0n) is 9.35. The van der Waals surface area contributed by atoms with Crippen molar-refractivity contribution < 1.29 is 0 Å². The highest BCUT2D eigenvalue weighted by Crippen LogP contribution is 2.22. The summed E-state index contributed by atoms with van der Waals surface area (Å²) in [6, 6.07) is 0. The highest BCUT2D eigenvalue weighted by molar-refractivity contribution is 4.94. The van der Waals surface area contributed by atoms with E-state index in [1.54, 1.807) is 0 Å². The lowest BCUT2D eigenvalue weighted by Gasteiger charge is -2.18. The molecule has 0 aromatic rings. The molecule has 0 aromatic carbocycles. The summed E-state index contributed by atoms with van der Waals surface area (Å²) in [4.78, 5) is 0. The van der Waals surface area contributed by atoms with Crippen LogP contribution in [-0.2, 0) is 0 Å². The Labute approximate surface area is 78.1 Å². The van der Waals surface area contributed by atoms with E-state index in [0.29, 0.717) is 5.92 Å². The molecule has 0 fully saturated rings. The third-order valence-electron chi connectivity index (χ3n) is 2.47. The summed E-state index contributed by atoms with van der Waals surface area (Å²) in [5.74, 6) is 2.37. The van der Waals surface area contributed by atoms with E-state index in [-0.39, 0.29) is 0 Å². The van der Waals surface area contributed by atoms with Crippen LogP contribution < -0.4 is 0 Å². The minimum Gasteiger partial charge on any atom is -0.0999 e. The maximum atomic E-state index is 3.99. The predicted octanol–water partition coefficient (Wildman–Crippen LogP) is 4.27. The Bertz CT molecular complexity index is 133. The molecule has 0 heterocycles. The Balaban J connectivity index is 3.68. The fourth-order valence-corrected chi connectivity index (χ4v) is 1.71. The average Bonchev–Trinajstić information content (AvgIpc) is 1.84. The van der Waals surface area contributed by atoms with Crippen LogP contribution >= 0.6 is 0 Å². The third-order valence-corrected chi connectivity index (χ3v) is 2.47. The highest BCUT2D eigenvalue weighted by Gasteiger charge is 2.10. The molecule has 0 radical (unpaired) electrons. The standard InChI is InChI=1S/C12H24/c1-9(2)7-11(5)8-12(6)10(3)4/h9,11-12H,3,7-8H2,1-2,4-6H3. The van der Waals surface area contributed by atoms with Crippen molar-refractivity contribution in [3.63, 3.8) is 0 Å². The SMILES string of the molecule is C=C(C)C(C)CC(C)CC(C)C. The second kappa shape index (κ2) is 5.40. The number of rotatable bonds is 5. The fraction of sp³-hybridized carbons (Fsp3) is 0.833. The van der Waals surface area contributed by atoms with Crippen molar-refractivity contribution in [2.75, 3.05) is 0 Å². The van der Waals surface area contributed by atoms with Crippen LogP contribution in [0.5, 0.6) is 0 Å². The van der Waals surface area contributed by atoms with Crippen molar-refractivity contribution in [3.8, 4) is 0 Å². The molecule has 0 aromatic heterocycles. The molecular formula is C12H24. The van der Waals surface area contributed by atoms with Gasteiger partial charge in [-0.15, -0.1) is 0 Å². The molecule has 0 bridgehead atoms. The number of hydrogen-bond acceptors (Lipinski definition) is 0. The first kappa shape index (κ1) is 11.7. The first-order valence-electron chi connectivity index (χ1n) is 5.08. The number of allylic oxidation sites excluding steroid dienone is 1. The van der Waals surface area contributed by atoms with Crippen LogP contribution in [0.15, 0.2) is 12.2 Å². The molecule has 0 aliphatic carbocycles. The van der Waals surface area contributed by atoms with Gasteiger partial charge < -0.3 is 0 Å². The molecule has 0 aliphatic rings. The van der Waals surface area contributed by atoms with Gasteiger partial charge in [-0.05, 0) is 37.5 Å². The van der Waals surface area contributed by atoms with Crippen molar-refractivity contribution in [2.24, 2.45) is 17.8 Å². The Hall–Kier alpha value is -0.260. The molecule has 0 spiro atoms. The van der Waals surface area contributed by atoms with Gasteiger partial charge in [-0.25, -0.2) is 0 Å². The van der Waals surface area contributed by atoms with Crippen molar-refractivity contribution in [3.05, 3.63) is 12.2 Å². The first-order valence-corrected chi connectivity index (χ1v) is 5.08. The maximum absolute atomic E-state index is 3.99. The Morgan fingerprint density at radius 2 is 1.58 bits per heavy atom. The zero-order valence-corrected chi connectivity index (χ0v) is 9.35. The highest BCUT2D eigenvalue weighted by atomic mass is 14.2. The molecule has 0 rings (SSSR count). The van der Waals surface area contributed by atoms with Gasteiger partial charge in [0.1, 0.15) is 0 Å². The van der Waals surface area contributed by atoms with E-state index in [2.05, 4.69) is 41.2 Å². The largest absolute Gasteiger partial charge is 0.0999 e. The van der Waals surface area contributed by atoms with Gasteiger partial charge in [-0.3, -0.25) is 0 Å².